The van der Waals surface area contributed by atoms with E-state index in [1.165, 1.54) is 0 Å². The molecule has 0 bridgehead atoms. The second-order valence-corrected chi connectivity index (χ2v) is 4.76. The summed E-state index contributed by atoms with van der Waals surface area (Å²) in [6.45, 7) is 3.77. The van der Waals surface area contributed by atoms with Crippen LogP contribution in [0.2, 0.25) is 0 Å². The molecule has 1 aromatic carbocycles. The maximum Gasteiger partial charge on any atom is 0.416 e. The Balaban J connectivity index is 2.02. The second kappa shape index (κ2) is 5.90. The standard InChI is InChI=1S/C13H18F3N3/c14-13(15,16)11-3-1-10(2-4-11)9-19-6-5-18-8-12(19)7-17/h1-4,12,18H,5-9,17H2. The molecule has 0 aromatic heterocycles. The van der Waals surface area contributed by atoms with Crippen LogP contribution < -0.4 is 11.1 Å². The molecule has 6 heteroatoms. The fourth-order valence-corrected chi connectivity index (χ4v) is 2.28. The molecular formula is C13H18F3N3. The molecule has 0 amide bonds. The molecule has 2 rings (SSSR count). The van der Waals surface area contributed by atoms with Crippen LogP contribution in [0.25, 0.3) is 0 Å². The maximum absolute atomic E-state index is 12.5. The largest absolute Gasteiger partial charge is 0.416 e. The summed E-state index contributed by atoms with van der Waals surface area (Å²) in [5.41, 5.74) is 5.98. The number of hydrogen-bond acceptors (Lipinski definition) is 3. The van der Waals surface area contributed by atoms with E-state index in [0.717, 1.165) is 37.3 Å². The fraction of sp³-hybridized carbons (Fsp3) is 0.538. The molecule has 0 radical (unpaired) electrons. The number of alkyl halides is 3. The molecule has 0 aliphatic carbocycles. The lowest BCUT2D eigenvalue weighted by Gasteiger charge is -2.35. The zero-order valence-electron chi connectivity index (χ0n) is 10.6. The van der Waals surface area contributed by atoms with Gasteiger partial charge in [-0.1, -0.05) is 12.1 Å². The van der Waals surface area contributed by atoms with E-state index in [2.05, 4.69) is 10.2 Å². The molecule has 106 valence electrons. The number of piperazine rings is 1. The Kier molecular flexibility index (Phi) is 4.44. The van der Waals surface area contributed by atoms with E-state index in [1.54, 1.807) is 12.1 Å². The van der Waals surface area contributed by atoms with Crippen molar-refractivity contribution in [3.05, 3.63) is 35.4 Å². The number of benzene rings is 1. The molecule has 1 fully saturated rings. The van der Waals surface area contributed by atoms with E-state index < -0.39 is 11.7 Å². The first-order chi connectivity index (χ1) is 9.00. The summed E-state index contributed by atoms with van der Waals surface area (Å²) in [7, 11) is 0. The van der Waals surface area contributed by atoms with Crippen LogP contribution in [0, 0.1) is 0 Å². The number of nitrogens with one attached hydrogen (secondary N) is 1. The first kappa shape index (κ1) is 14.3. The highest BCUT2D eigenvalue weighted by atomic mass is 19.4. The van der Waals surface area contributed by atoms with Gasteiger partial charge in [0.2, 0.25) is 0 Å². The van der Waals surface area contributed by atoms with Crippen molar-refractivity contribution in [2.75, 3.05) is 26.2 Å². The molecule has 1 saturated heterocycles. The third-order valence-corrected chi connectivity index (χ3v) is 3.41. The summed E-state index contributed by atoms with van der Waals surface area (Å²) in [5, 5.41) is 3.26. The van der Waals surface area contributed by atoms with E-state index in [-0.39, 0.29) is 6.04 Å². The normalized spacial score (nSPS) is 21.6. The van der Waals surface area contributed by atoms with Gasteiger partial charge in [-0.2, -0.15) is 13.2 Å². The highest BCUT2D eigenvalue weighted by molar-refractivity contribution is 5.24. The van der Waals surface area contributed by atoms with Crippen molar-refractivity contribution in [1.29, 1.82) is 0 Å². The van der Waals surface area contributed by atoms with Crippen LogP contribution >= 0.6 is 0 Å². The van der Waals surface area contributed by atoms with Crippen molar-refractivity contribution in [3.63, 3.8) is 0 Å². The average molecular weight is 273 g/mol. The predicted octanol–water partition coefficient (Wildman–Crippen LogP) is 1.44. The Morgan fingerprint density at radius 2 is 1.95 bits per heavy atom. The lowest BCUT2D eigenvalue weighted by Crippen LogP contribution is -2.53. The Labute approximate surface area is 110 Å². The predicted molar refractivity (Wildman–Crippen MR) is 67.6 cm³/mol. The van der Waals surface area contributed by atoms with Gasteiger partial charge in [0.25, 0.3) is 0 Å². The molecule has 3 nitrogen and oxygen atoms in total. The molecule has 1 aromatic rings. The Bertz CT molecular complexity index is 403. The van der Waals surface area contributed by atoms with Gasteiger partial charge in [-0.3, -0.25) is 4.90 Å². The number of rotatable bonds is 3. The minimum Gasteiger partial charge on any atom is -0.329 e. The van der Waals surface area contributed by atoms with Gasteiger partial charge in [-0.25, -0.2) is 0 Å². The summed E-state index contributed by atoms with van der Waals surface area (Å²) in [5.74, 6) is 0. The van der Waals surface area contributed by atoms with Crippen LogP contribution in [0.15, 0.2) is 24.3 Å². The highest BCUT2D eigenvalue weighted by Crippen LogP contribution is 2.29. The molecule has 1 aliphatic heterocycles. The highest BCUT2D eigenvalue weighted by Gasteiger charge is 2.30. The topological polar surface area (TPSA) is 41.3 Å². The van der Waals surface area contributed by atoms with Crippen LogP contribution in [-0.2, 0) is 12.7 Å². The number of nitrogens with zero attached hydrogens (tertiary/aromatic N) is 1. The summed E-state index contributed by atoms with van der Waals surface area (Å²) in [4.78, 5) is 2.21. The molecule has 1 aliphatic rings. The molecule has 1 unspecified atom stereocenters. The summed E-state index contributed by atoms with van der Waals surface area (Å²) in [6.07, 6.45) is -4.27. The minimum absolute atomic E-state index is 0.246. The van der Waals surface area contributed by atoms with Gasteiger partial charge in [0, 0.05) is 38.8 Å². The van der Waals surface area contributed by atoms with Gasteiger partial charge >= 0.3 is 6.18 Å². The van der Waals surface area contributed by atoms with Crippen LogP contribution in [0.4, 0.5) is 13.2 Å². The zero-order chi connectivity index (χ0) is 13.9. The van der Waals surface area contributed by atoms with Gasteiger partial charge in [0.15, 0.2) is 0 Å². The first-order valence-electron chi connectivity index (χ1n) is 6.31. The molecule has 3 N–H and O–H groups in total. The fourth-order valence-electron chi connectivity index (χ4n) is 2.28. The van der Waals surface area contributed by atoms with Gasteiger partial charge < -0.3 is 11.1 Å². The van der Waals surface area contributed by atoms with Crippen molar-refractivity contribution in [1.82, 2.24) is 10.2 Å². The maximum atomic E-state index is 12.5. The SMILES string of the molecule is NCC1CNCCN1Cc1ccc(C(F)(F)F)cc1. The van der Waals surface area contributed by atoms with Crippen molar-refractivity contribution in [2.24, 2.45) is 5.73 Å². The molecule has 0 spiro atoms. The quantitative estimate of drug-likeness (QED) is 0.875. The summed E-state index contributed by atoms with van der Waals surface area (Å²) >= 11 is 0. The van der Waals surface area contributed by atoms with Crippen molar-refractivity contribution < 1.29 is 13.2 Å². The second-order valence-electron chi connectivity index (χ2n) is 4.76. The molecular weight excluding hydrogens is 255 g/mol. The van der Waals surface area contributed by atoms with Crippen molar-refractivity contribution in [2.45, 2.75) is 18.8 Å². The van der Waals surface area contributed by atoms with E-state index in [9.17, 15) is 13.2 Å². The van der Waals surface area contributed by atoms with Gasteiger partial charge in [0.1, 0.15) is 0 Å². The lowest BCUT2D eigenvalue weighted by molar-refractivity contribution is -0.137. The van der Waals surface area contributed by atoms with E-state index in [1.807, 2.05) is 0 Å². The van der Waals surface area contributed by atoms with Crippen LogP contribution in [0.5, 0.6) is 0 Å². The first-order valence-corrected chi connectivity index (χ1v) is 6.31. The van der Waals surface area contributed by atoms with Crippen molar-refractivity contribution in [3.8, 4) is 0 Å². The Morgan fingerprint density at radius 1 is 1.26 bits per heavy atom. The molecule has 1 atom stereocenters. The van der Waals surface area contributed by atoms with Crippen molar-refractivity contribution >= 4 is 0 Å². The Hall–Kier alpha value is -1.11. The van der Waals surface area contributed by atoms with Gasteiger partial charge in [0.05, 0.1) is 5.56 Å². The van der Waals surface area contributed by atoms with E-state index in [0.29, 0.717) is 13.1 Å². The van der Waals surface area contributed by atoms with Gasteiger partial charge in [-0.05, 0) is 17.7 Å². The summed E-state index contributed by atoms with van der Waals surface area (Å²) < 4.78 is 37.4. The molecule has 19 heavy (non-hydrogen) atoms. The monoisotopic (exact) mass is 273 g/mol. The third kappa shape index (κ3) is 3.68. The van der Waals surface area contributed by atoms with Gasteiger partial charge in [-0.15, -0.1) is 0 Å². The minimum atomic E-state index is -4.27. The van der Waals surface area contributed by atoms with Crippen LogP contribution in [-0.4, -0.2) is 37.1 Å². The lowest BCUT2D eigenvalue weighted by atomic mass is 10.1. The Morgan fingerprint density at radius 3 is 2.53 bits per heavy atom. The molecule has 0 saturated carbocycles. The smallest absolute Gasteiger partial charge is 0.329 e. The zero-order valence-corrected chi connectivity index (χ0v) is 10.6. The third-order valence-electron chi connectivity index (χ3n) is 3.41. The van der Waals surface area contributed by atoms with Crippen LogP contribution in [0.3, 0.4) is 0 Å². The van der Waals surface area contributed by atoms with E-state index >= 15 is 0 Å². The number of hydrogen-bond donors (Lipinski definition) is 2. The van der Waals surface area contributed by atoms with Crippen LogP contribution in [0.1, 0.15) is 11.1 Å². The number of nitrogens with two attached hydrogens (primary N) is 1. The summed E-state index contributed by atoms with van der Waals surface area (Å²) in [6, 6.07) is 5.59. The van der Waals surface area contributed by atoms with E-state index in [4.69, 9.17) is 5.73 Å². The number of halogens is 3. The molecule has 1 heterocycles. The average Bonchev–Trinajstić information content (AvgIpc) is 2.39.